The molecule has 0 aromatic heterocycles. The molecular formula is C116H169N4O9P7. The van der Waals surface area contributed by atoms with E-state index in [4.69, 9.17) is 49.5 Å². The molecule has 0 aliphatic carbocycles. The lowest BCUT2D eigenvalue weighted by atomic mass is 10.1. The van der Waals surface area contributed by atoms with Gasteiger partial charge in [-0.1, -0.05) is 249 Å². The van der Waals surface area contributed by atoms with E-state index in [1.54, 1.807) is 42.7 Å². The van der Waals surface area contributed by atoms with Gasteiger partial charge in [-0.15, -0.1) is 0 Å². The minimum atomic E-state index is 0. The molecule has 0 radical (unpaired) electrons. The molecule has 7 unspecified atom stereocenters. The van der Waals surface area contributed by atoms with Gasteiger partial charge in [0, 0.05) is 159 Å². The maximum atomic E-state index is 9.02. The second-order valence-corrected chi connectivity index (χ2v) is 31.4. The molecule has 13 aromatic rings. The van der Waals surface area contributed by atoms with Gasteiger partial charge in [0.15, 0.2) is 0 Å². The molecule has 0 fully saturated rings. The minimum absolute atomic E-state index is 0. The quantitative estimate of drug-likeness (QED) is 0.0163. The summed E-state index contributed by atoms with van der Waals surface area (Å²) < 4.78 is 30.6. The number of aliphatic hydroxyl groups excluding tert-OH is 3. The summed E-state index contributed by atoms with van der Waals surface area (Å²) in [5.74, 6) is 0. The first-order chi connectivity index (χ1) is 63.3. The zero-order valence-corrected chi connectivity index (χ0v) is 94.0. The number of rotatable bonds is 42. The standard InChI is InChI=1S/2C26H31NO2.C24H27NO2.2C11H16O.C10H14O.C6H7N.C2H6.7H3P/c2*1-28-20-6-8-22-12-16-25(17-13-22)27(24-10-4-3-5-11-24)26-18-14-23(15-19-26)9-7-21-29-2;26-18-4-6-20-10-14-23(15-11-20)25(22-8-2-1-3-9-22)24-16-12-21(13-17-24)7-5-19-27;2*1-10-5-7-11(8-6-10)4-3-9-12-2;1-9-4-6-10(7-5-9)3-2-8-11;7-6-4-2-1-3-5-6;1-2;;;;;;;/h2*3-5,10-19H,6-9,20-21H2,1-2H3;1-3,8-17,26-27H,4-7,18-19H2;2*5-8H,3-4,9H2,1-2H3;4-7,11H,2-3,8H2,1H3;1-5H,7H2;1-2H3;7*1H3. The average Bonchev–Trinajstić information content (AvgIpc) is 0.818. The molecule has 0 aliphatic heterocycles. The number of hydrogen-bond donors (Lipinski definition) is 4. The smallest absolute Gasteiger partial charge is 0.0465 e. The van der Waals surface area contributed by atoms with Crippen molar-refractivity contribution in [2.45, 2.75) is 150 Å². The molecule has 13 aromatic carbocycles. The number of benzene rings is 13. The van der Waals surface area contributed by atoms with Crippen molar-refractivity contribution >= 4 is 126 Å². The molecule has 742 valence electrons. The predicted octanol–water partition coefficient (Wildman–Crippen LogP) is 27.4. The summed E-state index contributed by atoms with van der Waals surface area (Å²) in [5, 5.41) is 26.6. The van der Waals surface area contributed by atoms with Gasteiger partial charge in [-0.25, -0.2) is 0 Å². The molecule has 7 atom stereocenters. The Hall–Kier alpha value is -8.29. The van der Waals surface area contributed by atoms with Crippen LogP contribution in [-0.2, 0) is 86.2 Å². The van der Waals surface area contributed by atoms with Crippen LogP contribution in [0.3, 0.4) is 0 Å². The van der Waals surface area contributed by atoms with Crippen molar-refractivity contribution in [3.63, 3.8) is 0 Å². The van der Waals surface area contributed by atoms with Crippen molar-refractivity contribution in [1.82, 2.24) is 0 Å². The van der Waals surface area contributed by atoms with E-state index in [1.165, 1.54) is 89.5 Å². The van der Waals surface area contributed by atoms with E-state index >= 15 is 0 Å². The van der Waals surface area contributed by atoms with Crippen LogP contribution in [0.2, 0.25) is 0 Å². The van der Waals surface area contributed by atoms with Crippen LogP contribution in [0.25, 0.3) is 0 Å². The molecular weight excluding hydrogens is 1810 g/mol. The molecule has 0 saturated heterocycles. The van der Waals surface area contributed by atoms with Gasteiger partial charge in [0.05, 0.1) is 0 Å². The van der Waals surface area contributed by atoms with Crippen molar-refractivity contribution in [2.75, 3.05) is 123 Å². The summed E-state index contributed by atoms with van der Waals surface area (Å²) in [6, 6.07) is 119. The Morgan fingerprint density at radius 2 is 0.324 bits per heavy atom. The Bertz CT molecular complexity index is 4530. The fourth-order valence-electron chi connectivity index (χ4n) is 14.0. The highest BCUT2D eigenvalue weighted by Gasteiger charge is 2.17. The molecule has 13 nitrogen and oxygen atoms in total. The van der Waals surface area contributed by atoms with Crippen molar-refractivity contribution in [2.24, 2.45) is 0 Å². The second kappa shape index (κ2) is 82.6. The summed E-state index contributed by atoms with van der Waals surface area (Å²) in [7, 11) is 10.5. The number of hydrogen-bond acceptors (Lipinski definition) is 13. The van der Waals surface area contributed by atoms with Crippen molar-refractivity contribution in [3.8, 4) is 0 Å². The van der Waals surface area contributed by atoms with Gasteiger partial charge in [-0.3, -0.25) is 0 Å². The van der Waals surface area contributed by atoms with E-state index in [0.29, 0.717) is 0 Å². The lowest BCUT2D eigenvalue weighted by Crippen LogP contribution is -2.10. The van der Waals surface area contributed by atoms with E-state index in [0.717, 1.165) is 189 Å². The summed E-state index contributed by atoms with van der Waals surface area (Å²) in [5.41, 5.74) is 32.4. The van der Waals surface area contributed by atoms with Crippen LogP contribution in [0.4, 0.5) is 56.9 Å². The third kappa shape index (κ3) is 53.2. The number of aryl methyl sites for hydroxylation is 12. The SMILES string of the molecule is CC.COCCCc1ccc(C)cc1.COCCCc1ccc(C)cc1.COCCCc1ccc(N(c2ccccc2)c2ccc(CCCOC)cc2)cc1.COCCCc1ccc(N(c2ccccc2)c2ccc(CCCOC)cc2)cc1.Cc1ccc(CCCO)cc1.Nc1ccccc1.OCCCc1ccc(N(c2ccccc2)c2ccc(CCCO)cc2)cc1.P.P.P.P.P.P.P. The summed E-state index contributed by atoms with van der Waals surface area (Å²) >= 11 is 0. The molecule has 0 amide bonds. The molecule has 0 spiro atoms. The number of para-hydroxylation sites is 4. The average molecular weight is 1980 g/mol. The van der Waals surface area contributed by atoms with Gasteiger partial charge in [0.25, 0.3) is 0 Å². The fourth-order valence-corrected chi connectivity index (χ4v) is 14.0. The van der Waals surface area contributed by atoms with E-state index in [2.05, 4.69) is 327 Å². The number of nitrogens with zero attached hydrogens (tertiary/aromatic N) is 3. The van der Waals surface area contributed by atoms with Gasteiger partial charge in [-0.05, 0) is 308 Å². The Balaban J connectivity index is 0. The zero-order chi connectivity index (χ0) is 92.4. The van der Waals surface area contributed by atoms with Crippen molar-refractivity contribution < 1.29 is 43.7 Å². The lowest BCUT2D eigenvalue weighted by molar-refractivity contribution is 0.195. The fraction of sp³-hybridized carbons (Fsp3) is 0.328. The van der Waals surface area contributed by atoms with Crippen LogP contribution in [0.5, 0.6) is 0 Å². The first kappa shape index (κ1) is 130. The topological polar surface area (TPSA) is 152 Å². The Kier molecular flexibility index (Phi) is 78.8. The largest absolute Gasteiger partial charge is 0.399 e. The Morgan fingerprint density at radius 3 is 0.456 bits per heavy atom. The lowest BCUT2D eigenvalue weighted by Gasteiger charge is -2.26. The van der Waals surface area contributed by atoms with Gasteiger partial charge in [0.2, 0.25) is 0 Å². The highest BCUT2D eigenvalue weighted by Crippen LogP contribution is 2.38. The molecule has 13 rings (SSSR count). The van der Waals surface area contributed by atoms with E-state index in [-0.39, 0.29) is 89.1 Å². The molecule has 136 heavy (non-hydrogen) atoms. The molecule has 0 saturated carbocycles. The molecule has 0 bridgehead atoms. The zero-order valence-electron chi connectivity index (χ0n) is 84.1. The van der Waals surface area contributed by atoms with E-state index in [9.17, 15) is 0 Å². The minimum Gasteiger partial charge on any atom is -0.399 e. The first-order valence-electron chi connectivity index (χ1n) is 46.1. The number of methoxy groups -OCH3 is 6. The van der Waals surface area contributed by atoms with E-state index in [1.807, 2.05) is 62.4 Å². The van der Waals surface area contributed by atoms with Crippen molar-refractivity contribution in [1.29, 1.82) is 0 Å². The molecule has 0 aliphatic rings. The van der Waals surface area contributed by atoms with Crippen molar-refractivity contribution in [3.05, 3.63) is 406 Å². The van der Waals surface area contributed by atoms with Crippen LogP contribution < -0.4 is 20.4 Å². The molecule has 5 N–H and O–H groups in total. The Morgan fingerprint density at radius 1 is 0.191 bits per heavy atom. The second-order valence-electron chi connectivity index (χ2n) is 31.4. The molecule has 20 heteroatoms. The highest BCUT2D eigenvalue weighted by molar-refractivity contribution is 6.93. The molecule has 0 heterocycles. The maximum absolute atomic E-state index is 9.02. The van der Waals surface area contributed by atoms with Crippen LogP contribution in [-0.4, -0.2) is 117 Å². The van der Waals surface area contributed by atoms with Crippen LogP contribution >= 0.6 is 69.3 Å². The monoisotopic (exact) mass is 1980 g/mol. The normalized spacial score (nSPS) is 9.84. The van der Waals surface area contributed by atoms with Crippen LogP contribution in [0.1, 0.15) is 138 Å². The summed E-state index contributed by atoms with van der Waals surface area (Å²) in [6.45, 7) is 15.9. The van der Waals surface area contributed by atoms with Gasteiger partial charge in [0.1, 0.15) is 0 Å². The Labute approximate surface area is 843 Å². The predicted molar refractivity (Wildman–Crippen MR) is 624 cm³/mol. The first-order valence-corrected chi connectivity index (χ1v) is 46.1. The number of ether oxygens (including phenoxy) is 6. The summed E-state index contributed by atoms with van der Waals surface area (Å²) in [4.78, 5) is 6.85. The number of nitrogen functional groups attached to an aromatic ring is 1. The number of aliphatic hydroxyl groups is 3. The van der Waals surface area contributed by atoms with Crippen LogP contribution in [0.15, 0.2) is 340 Å². The van der Waals surface area contributed by atoms with Gasteiger partial charge < -0.3 is 64.2 Å². The summed E-state index contributed by atoms with van der Waals surface area (Å²) in [6.07, 6.45) is 18.0. The van der Waals surface area contributed by atoms with Gasteiger partial charge in [-0.2, -0.15) is 69.3 Å². The number of anilines is 10. The van der Waals surface area contributed by atoms with Gasteiger partial charge >= 0.3 is 0 Å². The maximum Gasteiger partial charge on any atom is 0.0465 e. The highest BCUT2D eigenvalue weighted by atomic mass is 31.0. The third-order valence-corrected chi connectivity index (χ3v) is 21.1. The van der Waals surface area contributed by atoms with E-state index < -0.39 is 0 Å². The third-order valence-electron chi connectivity index (χ3n) is 21.1. The van der Waals surface area contributed by atoms with Crippen LogP contribution in [0, 0.1) is 20.8 Å². The number of nitrogens with two attached hydrogens (primary N) is 1.